The molecule has 3 nitrogen and oxygen atoms in total. The molecule has 20 heavy (non-hydrogen) atoms. The van der Waals surface area contributed by atoms with Gasteiger partial charge < -0.3 is 5.73 Å². The summed E-state index contributed by atoms with van der Waals surface area (Å²) in [6.07, 6.45) is 3.62. The minimum absolute atomic E-state index is 0.375. The molecule has 0 heterocycles. The van der Waals surface area contributed by atoms with E-state index in [1.54, 1.807) is 36.4 Å². The van der Waals surface area contributed by atoms with Crippen molar-refractivity contribution in [1.29, 1.82) is 5.26 Å². The topological polar surface area (TPSA) is 66.9 Å². The number of rotatable bonds is 3. The number of nitriles is 1. The molecule has 0 saturated carbocycles. The first kappa shape index (κ1) is 13.9. The van der Waals surface area contributed by atoms with Crippen molar-refractivity contribution in [3.8, 4) is 6.07 Å². The van der Waals surface area contributed by atoms with Crippen LogP contribution in [0.1, 0.15) is 27.0 Å². The molecule has 0 saturated heterocycles. The molecule has 0 fully saturated rings. The first-order valence-electron chi connectivity index (χ1n) is 5.88. The van der Waals surface area contributed by atoms with E-state index in [0.717, 1.165) is 5.56 Å². The minimum atomic E-state index is -0.518. The molecule has 2 aromatic carbocycles. The number of carbonyl (C=O) groups is 1. The fraction of sp³-hybridized carbons (Fsp3) is 0. The summed E-state index contributed by atoms with van der Waals surface area (Å²) in [6.45, 7) is 0. The highest BCUT2D eigenvalue weighted by Gasteiger charge is 2.04. The fourth-order valence-electron chi connectivity index (χ4n) is 1.72. The summed E-state index contributed by atoms with van der Waals surface area (Å²) in [4.78, 5) is 11.2. The quantitative estimate of drug-likeness (QED) is 0.876. The number of nitrogens with zero attached hydrogens (tertiary/aromatic N) is 1. The zero-order valence-electron chi connectivity index (χ0n) is 10.5. The van der Waals surface area contributed by atoms with Crippen molar-refractivity contribution in [2.75, 3.05) is 0 Å². The molecule has 1 amide bonds. The second-order valence-corrected chi connectivity index (χ2v) is 4.60. The minimum Gasteiger partial charge on any atom is -0.366 e. The lowest BCUT2D eigenvalue weighted by Gasteiger charge is -2.01. The number of nitrogens with two attached hydrogens (primary N) is 1. The molecule has 0 bridgehead atoms. The number of benzene rings is 2. The summed E-state index contributed by atoms with van der Waals surface area (Å²) in [6, 6.07) is 14.1. The van der Waals surface area contributed by atoms with Crippen LogP contribution in [-0.4, -0.2) is 5.91 Å². The van der Waals surface area contributed by atoms with Gasteiger partial charge in [-0.05, 0) is 41.5 Å². The van der Waals surface area contributed by atoms with Crippen LogP contribution >= 0.6 is 11.6 Å². The lowest BCUT2D eigenvalue weighted by Crippen LogP contribution is -2.11. The largest absolute Gasteiger partial charge is 0.366 e. The van der Waals surface area contributed by atoms with Gasteiger partial charge in [-0.3, -0.25) is 4.79 Å². The van der Waals surface area contributed by atoms with Gasteiger partial charge in [-0.25, -0.2) is 0 Å². The van der Waals surface area contributed by atoms with Crippen LogP contribution in [-0.2, 0) is 0 Å². The Kier molecular flexibility index (Phi) is 4.19. The Labute approximate surface area is 121 Å². The van der Waals surface area contributed by atoms with Crippen LogP contribution in [0, 0.1) is 11.3 Å². The molecule has 0 atom stereocenters. The van der Waals surface area contributed by atoms with E-state index < -0.39 is 5.91 Å². The summed E-state index contributed by atoms with van der Waals surface area (Å²) in [5.74, 6) is -0.518. The van der Waals surface area contributed by atoms with E-state index in [9.17, 15) is 4.79 Å². The number of amides is 1. The molecule has 0 unspecified atom stereocenters. The highest BCUT2D eigenvalue weighted by molar-refractivity contribution is 6.30. The van der Waals surface area contributed by atoms with E-state index in [-0.39, 0.29) is 0 Å². The Morgan fingerprint density at radius 3 is 2.45 bits per heavy atom. The van der Waals surface area contributed by atoms with Crippen molar-refractivity contribution >= 4 is 29.7 Å². The van der Waals surface area contributed by atoms with E-state index in [2.05, 4.69) is 6.07 Å². The monoisotopic (exact) mass is 282 g/mol. The van der Waals surface area contributed by atoms with Gasteiger partial charge in [0.05, 0.1) is 11.6 Å². The third kappa shape index (κ3) is 3.25. The predicted molar refractivity (Wildman–Crippen MR) is 80.1 cm³/mol. The van der Waals surface area contributed by atoms with Crippen LogP contribution in [0.15, 0.2) is 42.5 Å². The number of hydrogen-bond acceptors (Lipinski definition) is 2. The molecular formula is C16H11ClN2O. The van der Waals surface area contributed by atoms with E-state index >= 15 is 0 Å². The van der Waals surface area contributed by atoms with Gasteiger partial charge in [-0.15, -0.1) is 0 Å². The Bertz CT molecular complexity index is 712. The second-order valence-electron chi connectivity index (χ2n) is 4.16. The molecule has 0 radical (unpaired) electrons. The summed E-state index contributed by atoms with van der Waals surface area (Å²) in [5.41, 5.74) is 7.70. The Morgan fingerprint density at radius 1 is 1.15 bits per heavy atom. The van der Waals surface area contributed by atoms with Crippen LogP contribution in [0.25, 0.3) is 12.2 Å². The van der Waals surface area contributed by atoms with Crippen molar-refractivity contribution in [3.05, 3.63) is 69.7 Å². The first-order valence-corrected chi connectivity index (χ1v) is 6.25. The molecule has 4 heteroatoms. The Hall–Kier alpha value is -2.57. The Morgan fingerprint density at radius 2 is 1.85 bits per heavy atom. The molecule has 2 N–H and O–H groups in total. The first-order chi connectivity index (χ1) is 9.60. The Balaban J connectivity index is 2.36. The normalized spacial score (nSPS) is 10.4. The zero-order chi connectivity index (χ0) is 14.5. The lowest BCUT2D eigenvalue weighted by atomic mass is 10.0. The van der Waals surface area contributed by atoms with E-state index in [4.69, 9.17) is 22.6 Å². The number of halogens is 1. The van der Waals surface area contributed by atoms with E-state index in [1.807, 2.05) is 18.2 Å². The third-order valence-corrected chi connectivity index (χ3v) is 3.03. The highest BCUT2D eigenvalue weighted by atomic mass is 35.5. The van der Waals surface area contributed by atoms with Gasteiger partial charge in [0.25, 0.3) is 0 Å². The van der Waals surface area contributed by atoms with E-state index in [0.29, 0.717) is 21.7 Å². The maximum atomic E-state index is 11.2. The standard InChI is InChI=1S/C16H11ClN2O/c17-15-7-2-11(3-8-15)1-4-12-9-13(16(19)20)5-6-14(12)10-18/h1-9H,(H2,19,20). The van der Waals surface area contributed by atoms with Gasteiger partial charge in [-0.1, -0.05) is 35.9 Å². The van der Waals surface area contributed by atoms with Gasteiger partial charge in [0.2, 0.25) is 5.91 Å². The molecule has 0 aliphatic rings. The summed E-state index contributed by atoms with van der Waals surface area (Å²) >= 11 is 5.81. The SMILES string of the molecule is N#Cc1ccc(C(N)=O)cc1C=Cc1ccc(Cl)cc1. The molecule has 2 rings (SSSR count). The summed E-state index contributed by atoms with van der Waals surface area (Å²) < 4.78 is 0. The molecular weight excluding hydrogens is 272 g/mol. The van der Waals surface area contributed by atoms with Gasteiger partial charge in [-0.2, -0.15) is 5.26 Å². The summed E-state index contributed by atoms with van der Waals surface area (Å²) in [7, 11) is 0. The maximum absolute atomic E-state index is 11.2. The zero-order valence-corrected chi connectivity index (χ0v) is 11.3. The van der Waals surface area contributed by atoms with Gasteiger partial charge in [0.15, 0.2) is 0 Å². The highest BCUT2D eigenvalue weighted by Crippen LogP contribution is 2.16. The van der Waals surface area contributed by atoms with Crippen molar-refractivity contribution in [2.45, 2.75) is 0 Å². The number of hydrogen-bond donors (Lipinski definition) is 1. The second kappa shape index (κ2) is 6.05. The van der Waals surface area contributed by atoms with Crippen molar-refractivity contribution in [1.82, 2.24) is 0 Å². The van der Waals surface area contributed by atoms with Crippen LogP contribution in [0.5, 0.6) is 0 Å². The average molecular weight is 283 g/mol. The van der Waals surface area contributed by atoms with Crippen molar-refractivity contribution in [3.63, 3.8) is 0 Å². The smallest absolute Gasteiger partial charge is 0.248 e. The predicted octanol–water partition coefficient (Wildman–Crippen LogP) is 3.48. The van der Waals surface area contributed by atoms with Crippen molar-refractivity contribution < 1.29 is 4.79 Å². The van der Waals surface area contributed by atoms with Crippen LogP contribution in [0.3, 0.4) is 0 Å². The summed E-state index contributed by atoms with van der Waals surface area (Å²) in [5, 5.41) is 9.73. The number of primary amides is 1. The third-order valence-electron chi connectivity index (χ3n) is 2.78. The molecule has 2 aromatic rings. The average Bonchev–Trinajstić information content (AvgIpc) is 2.46. The molecule has 0 aromatic heterocycles. The van der Waals surface area contributed by atoms with Crippen LogP contribution in [0.4, 0.5) is 0 Å². The molecule has 0 aliphatic heterocycles. The number of carbonyl (C=O) groups excluding carboxylic acids is 1. The molecule has 98 valence electrons. The van der Waals surface area contributed by atoms with Gasteiger partial charge >= 0.3 is 0 Å². The van der Waals surface area contributed by atoms with Crippen LogP contribution < -0.4 is 5.73 Å². The lowest BCUT2D eigenvalue weighted by molar-refractivity contribution is 0.100. The van der Waals surface area contributed by atoms with Gasteiger partial charge in [0.1, 0.15) is 0 Å². The maximum Gasteiger partial charge on any atom is 0.248 e. The van der Waals surface area contributed by atoms with Crippen molar-refractivity contribution in [2.24, 2.45) is 5.73 Å². The van der Waals surface area contributed by atoms with Gasteiger partial charge in [0, 0.05) is 10.6 Å². The molecule has 0 spiro atoms. The fourth-order valence-corrected chi connectivity index (χ4v) is 1.84. The molecule has 0 aliphatic carbocycles. The van der Waals surface area contributed by atoms with Crippen LogP contribution in [0.2, 0.25) is 5.02 Å². The van der Waals surface area contributed by atoms with E-state index in [1.165, 1.54) is 0 Å².